The number of hydrogen-bond donors (Lipinski definition) is 1. The van der Waals surface area contributed by atoms with Gasteiger partial charge in [-0.1, -0.05) is 5.16 Å². The zero-order chi connectivity index (χ0) is 15.6. The van der Waals surface area contributed by atoms with Gasteiger partial charge in [-0.25, -0.2) is 8.78 Å². The fourth-order valence-corrected chi connectivity index (χ4v) is 3.43. The molecule has 1 N–H and O–H groups in total. The van der Waals surface area contributed by atoms with Crippen LogP contribution < -0.4 is 5.32 Å². The van der Waals surface area contributed by atoms with Gasteiger partial charge in [0.1, 0.15) is 0 Å². The lowest BCUT2D eigenvalue weighted by Crippen LogP contribution is -2.29. The van der Waals surface area contributed by atoms with Crippen LogP contribution >= 0.6 is 0 Å². The third kappa shape index (κ3) is 3.47. The van der Waals surface area contributed by atoms with E-state index in [1.807, 2.05) is 0 Å². The number of nitrogens with one attached hydrogen (secondary N) is 1. The number of hydrogen-bond acceptors (Lipinski definition) is 3. The third-order valence-electron chi connectivity index (χ3n) is 4.84. The molecule has 0 atom stereocenters. The Hall–Kier alpha value is -1.46. The summed E-state index contributed by atoms with van der Waals surface area (Å²) in [4.78, 5) is 12.2. The van der Waals surface area contributed by atoms with Crippen molar-refractivity contribution in [3.05, 3.63) is 17.0 Å². The maximum Gasteiger partial charge on any atom is 0.290 e. The highest BCUT2D eigenvalue weighted by molar-refractivity contribution is 5.93. The smallest absolute Gasteiger partial charge is 0.290 e. The maximum atomic E-state index is 13.1. The number of fused-ring (bicyclic) bond motifs is 1. The van der Waals surface area contributed by atoms with E-state index in [0.29, 0.717) is 25.1 Å². The van der Waals surface area contributed by atoms with Crippen molar-refractivity contribution in [1.82, 2.24) is 10.5 Å². The Morgan fingerprint density at radius 2 is 2.00 bits per heavy atom. The molecular formula is C16H22F2N2O2. The quantitative estimate of drug-likeness (QED) is 0.926. The largest absolute Gasteiger partial charge is 0.350 e. The van der Waals surface area contributed by atoms with Crippen LogP contribution in [0.1, 0.15) is 66.8 Å². The van der Waals surface area contributed by atoms with Gasteiger partial charge < -0.3 is 9.84 Å². The highest BCUT2D eigenvalue weighted by Crippen LogP contribution is 2.37. The average molecular weight is 312 g/mol. The molecule has 0 radical (unpaired) electrons. The fraction of sp³-hybridized carbons (Fsp3) is 0.750. The number of rotatable bonds is 4. The number of carbonyl (C=O) groups is 1. The number of nitrogens with zero attached hydrogens (tertiary/aromatic N) is 1. The van der Waals surface area contributed by atoms with Crippen LogP contribution in [0, 0.1) is 5.92 Å². The molecule has 0 unspecified atom stereocenters. The molecule has 1 aromatic heterocycles. The molecule has 2 aliphatic carbocycles. The van der Waals surface area contributed by atoms with Crippen molar-refractivity contribution < 1.29 is 18.1 Å². The minimum absolute atomic E-state index is 0.0266. The highest BCUT2D eigenvalue weighted by Gasteiger charge is 2.34. The molecule has 3 rings (SSSR count). The number of carbonyl (C=O) groups excluding carboxylic acids is 1. The zero-order valence-corrected chi connectivity index (χ0v) is 12.7. The van der Waals surface area contributed by atoms with E-state index in [4.69, 9.17) is 4.52 Å². The van der Waals surface area contributed by atoms with E-state index in [9.17, 15) is 13.6 Å². The van der Waals surface area contributed by atoms with Crippen molar-refractivity contribution in [2.24, 2.45) is 5.92 Å². The van der Waals surface area contributed by atoms with Crippen molar-refractivity contribution in [2.45, 2.75) is 63.7 Å². The van der Waals surface area contributed by atoms with Gasteiger partial charge in [-0.15, -0.1) is 0 Å². The van der Waals surface area contributed by atoms with Gasteiger partial charge in [0.15, 0.2) is 0 Å². The van der Waals surface area contributed by atoms with Gasteiger partial charge >= 0.3 is 0 Å². The van der Waals surface area contributed by atoms with Gasteiger partial charge in [-0.2, -0.15) is 0 Å². The van der Waals surface area contributed by atoms with Crippen molar-refractivity contribution >= 4 is 5.91 Å². The molecule has 1 fully saturated rings. The van der Waals surface area contributed by atoms with E-state index < -0.39 is 5.92 Å². The second-order valence-electron chi connectivity index (χ2n) is 6.49. The SMILES string of the molecule is O=C(NCCC1CCC(F)(F)CC1)c1onc2c1CCCC2. The monoisotopic (exact) mass is 312 g/mol. The summed E-state index contributed by atoms with van der Waals surface area (Å²) in [5, 5.41) is 6.82. The Morgan fingerprint density at radius 3 is 2.77 bits per heavy atom. The second kappa shape index (κ2) is 6.34. The molecule has 0 aromatic carbocycles. The minimum Gasteiger partial charge on any atom is -0.350 e. The topological polar surface area (TPSA) is 55.1 Å². The molecule has 0 bridgehead atoms. The number of aryl methyl sites for hydroxylation is 1. The predicted octanol–water partition coefficient (Wildman–Crippen LogP) is 3.50. The molecule has 0 spiro atoms. The first-order valence-corrected chi connectivity index (χ1v) is 8.18. The van der Waals surface area contributed by atoms with Crippen LogP contribution in [0.5, 0.6) is 0 Å². The molecule has 122 valence electrons. The number of halogens is 2. The molecule has 22 heavy (non-hydrogen) atoms. The Balaban J connectivity index is 1.46. The Morgan fingerprint density at radius 1 is 1.27 bits per heavy atom. The van der Waals surface area contributed by atoms with Gasteiger partial charge in [0.2, 0.25) is 11.7 Å². The molecule has 0 saturated heterocycles. The van der Waals surface area contributed by atoms with E-state index in [1.54, 1.807) is 0 Å². The van der Waals surface area contributed by atoms with Crippen molar-refractivity contribution in [3.8, 4) is 0 Å². The van der Waals surface area contributed by atoms with Gasteiger partial charge in [0.05, 0.1) is 5.69 Å². The summed E-state index contributed by atoms with van der Waals surface area (Å²) >= 11 is 0. The first-order chi connectivity index (χ1) is 10.6. The number of aromatic nitrogens is 1. The highest BCUT2D eigenvalue weighted by atomic mass is 19.3. The summed E-state index contributed by atoms with van der Waals surface area (Å²) in [6.07, 6.45) is 5.65. The lowest BCUT2D eigenvalue weighted by atomic mass is 9.85. The lowest BCUT2D eigenvalue weighted by Gasteiger charge is -2.28. The molecule has 4 nitrogen and oxygen atoms in total. The van der Waals surface area contributed by atoms with Gasteiger partial charge in [0, 0.05) is 24.9 Å². The van der Waals surface area contributed by atoms with Gasteiger partial charge in [0.25, 0.3) is 5.91 Å². The van der Waals surface area contributed by atoms with E-state index in [1.165, 1.54) is 0 Å². The molecule has 1 saturated carbocycles. The summed E-state index contributed by atoms with van der Waals surface area (Å²) in [5.41, 5.74) is 1.85. The van der Waals surface area contributed by atoms with Crippen molar-refractivity contribution in [1.29, 1.82) is 0 Å². The third-order valence-corrected chi connectivity index (χ3v) is 4.84. The van der Waals surface area contributed by atoms with E-state index in [0.717, 1.165) is 43.4 Å². The van der Waals surface area contributed by atoms with Crippen LogP contribution in [-0.2, 0) is 12.8 Å². The first kappa shape index (κ1) is 15.4. The fourth-order valence-electron chi connectivity index (χ4n) is 3.43. The number of amides is 1. The Labute approximate surface area is 128 Å². The van der Waals surface area contributed by atoms with Crippen LogP contribution in [0.3, 0.4) is 0 Å². The Kier molecular flexibility index (Phi) is 4.45. The van der Waals surface area contributed by atoms with Crippen LogP contribution in [0.2, 0.25) is 0 Å². The predicted molar refractivity (Wildman–Crippen MR) is 77.0 cm³/mol. The first-order valence-electron chi connectivity index (χ1n) is 8.18. The lowest BCUT2D eigenvalue weighted by molar-refractivity contribution is -0.0464. The minimum atomic E-state index is -2.49. The summed E-state index contributed by atoms with van der Waals surface area (Å²) in [6, 6.07) is 0. The Bertz CT molecular complexity index is 532. The standard InChI is InChI=1S/C16H22F2N2O2/c17-16(18)8-5-11(6-9-16)7-10-19-15(21)14-12-3-1-2-4-13(12)20-22-14/h11H,1-10H2,(H,19,21). The van der Waals surface area contributed by atoms with Crippen LogP contribution in [-0.4, -0.2) is 23.5 Å². The summed E-state index contributed by atoms with van der Waals surface area (Å²) in [6.45, 7) is 0.505. The van der Waals surface area contributed by atoms with E-state index in [2.05, 4.69) is 10.5 Å². The van der Waals surface area contributed by atoms with Crippen molar-refractivity contribution in [2.75, 3.05) is 6.54 Å². The maximum absolute atomic E-state index is 13.1. The van der Waals surface area contributed by atoms with E-state index in [-0.39, 0.29) is 24.7 Å². The van der Waals surface area contributed by atoms with Crippen LogP contribution in [0.4, 0.5) is 8.78 Å². The second-order valence-corrected chi connectivity index (χ2v) is 6.49. The normalized spacial score (nSPS) is 21.4. The van der Waals surface area contributed by atoms with E-state index >= 15 is 0 Å². The summed E-state index contributed by atoms with van der Waals surface area (Å²) in [7, 11) is 0. The molecule has 2 aliphatic rings. The van der Waals surface area contributed by atoms with Gasteiger partial charge in [-0.05, 0) is 50.9 Å². The summed E-state index contributed by atoms with van der Waals surface area (Å²) in [5.74, 6) is -2.09. The molecule has 0 aliphatic heterocycles. The molecule has 1 aromatic rings. The zero-order valence-electron chi connectivity index (χ0n) is 12.7. The molecule has 1 amide bonds. The van der Waals surface area contributed by atoms with Crippen molar-refractivity contribution in [3.63, 3.8) is 0 Å². The number of alkyl halides is 2. The summed E-state index contributed by atoms with van der Waals surface area (Å²) < 4.78 is 31.4. The van der Waals surface area contributed by atoms with Crippen LogP contribution in [0.15, 0.2) is 4.52 Å². The molecular weight excluding hydrogens is 290 g/mol. The molecule has 1 heterocycles. The van der Waals surface area contributed by atoms with Gasteiger partial charge in [-0.3, -0.25) is 4.79 Å². The van der Waals surface area contributed by atoms with Crippen LogP contribution in [0.25, 0.3) is 0 Å². The molecule has 6 heteroatoms. The average Bonchev–Trinajstić information content (AvgIpc) is 2.93.